The molecule has 1 N–H and O–H groups in total. The van der Waals surface area contributed by atoms with Crippen LogP contribution in [-0.2, 0) is 7.05 Å². The Kier molecular flexibility index (Phi) is 4.49. The molecule has 26 heavy (non-hydrogen) atoms. The molecular weight excluding hydrogens is 339 g/mol. The van der Waals surface area contributed by atoms with Gasteiger partial charge < -0.3 is 5.32 Å². The van der Waals surface area contributed by atoms with Gasteiger partial charge in [0.15, 0.2) is 0 Å². The highest BCUT2D eigenvalue weighted by Crippen LogP contribution is 2.34. The largest absolute Gasteiger partial charge is 0.321 e. The van der Waals surface area contributed by atoms with Crippen molar-refractivity contribution in [2.75, 3.05) is 5.32 Å². The predicted octanol–water partition coefficient (Wildman–Crippen LogP) is 3.70. The number of nitrogens with one attached hydrogen (secondary N) is 1. The maximum atomic E-state index is 14.1. The van der Waals surface area contributed by atoms with Crippen LogP contribution in [-0.4, -0.2) is 20.6 Å². The fraction of sp³-hybridized carbons (Fsp3) is 0.111. The Hall–Kier alpha value is -3.55. The summed E-state index contributed by atoms with van der Waals surface area (Å²) < 4.78 is 15.1. The van der Waals surface area contributed by atoms with Crippen molar-refractivity contribution in [2.24, 2.45) is 7.05 Å². The number of hydrogen-bond donors (Lipinski definition) is 1. The van der Waals surface area contributed by atoms with Crippen LogP contribution in [0, 0.1) is 23.0 Å². The zero-order valence-electron chi connectivity index (χ0n) is 14.1. The molecule has 0 bridgehead atoms. The zero-order chi connectivity index (χ0) is 18.8. The highest BCUT2D eigenvalue weighted by atomic mass is 19.1. The van der Waals surface area contributed by atoms with Crippen molar-refractivity contribution in [2.45, 2.75) is 6.92 Å². The van der Waals surface area contributed by atoms with Gasteiger partial charge in [0.2, 0.25) is 5.95 Å². The number of aryl methyl sites for hydroxylation is 2. The van der Waals surface area contributed by atoms with E-state index in [1.54, 1.807) is 42.5 Å². The number of aromatic nitrogens is 2. The number of para-hydroxylation sites is 2. The molecule has 0 aliphatic heterocycles. The predicted molar refractivity (Wildman–Crippen MR) is 94.4 cm³/mol. The number of amides is 1. The number of nitro groups is 1. The van der Waals surface area contributed by atoms with E-state index in [4.69, 9.17) is 0 Å². The second kappa shape index (κ2) is 6.75. The van der Waals surface area contributed by atoms with Crippen LogP contribution in [0.5, 0.6) is 0 Å². The van der Waals surface area contributed by atoms with Gasteiger partial charge in [-0.3, -0.25) is 14.9 Å². The van der Waals surface area contributed by atoms with Crippen LogP contribution < -0.4 is 5.32 Å². The van der Waals surface area contributed by atoms with Crippen LogP contribution in [0.2, 0.25) is 0 Å². The van der Waals surface area contributed by atoms with Gasteiger partial charge in [-0.15, -0.1) is 0 Å². The summed E-state index contributed by atoms with van der Waals surface area (Å²) in [4.78, 5) is 23.3. The molecule has 132 valence electrons. The molecule has 1 heterocycles. The molecule has 0 unspecified atom stereocenters. The van der Waals surface area contributed by atoms with Gasteiger partial charge in [-0.25, -0.2) is 4.68 Å². The first-order valence-electron chi connectivity index (χ1n) is 7.73. The number of carbonyl (C=O) groups excluding carboxylic acids is 1. The van der Waals surface area contributed by atoms with E-state index in [2.05, 4.69) is 10.4 Å². The first-order valence-corrected chi connectivity index (χ1v) is 7.73. The molecule has 0 aliphatic rings. The quantitative estimate of drug-likeness (QED) is 0.571. The minimum atomic E-state index is -0.747. The summed E-state index contributed by atoms with van der Waals surface area (Å²) >= 11 is 0. The summed E-state index contributed by atoms with van der Waals surface area (Å²) in [6.45, 7) is 1.53. The molecule has 2 aromatic carbocycles. The lowest BCUT2D eigenvalue weighted by Crippen LogP contribution is -2.15. The van der Waals surface area contributed by atoms with E-state index < -0.39 is 16.8 Å². The maximum Gasteiger partial charge on any atom is 0.277 e. The summed E-state index contributed by atoms with van der Waals surface area (Å²) in [6, 6.07) is 12.9. The number of nitro benzene ring substituents is 1. The average molecular weight is 354 g/mol. The van der Waals surface area contributed by atoms with E-state index in [1.165, 1.54) is 20.0 Å². The number of carbonyl (C=O) groups is 1. The fourth-order valence-electron chi connectivity index (χ4n) is 2.76. The molecule has 8 heteroatoms. The van der Waals surface area contributed by atoms with Crippen molar-refractivity contribution in [3.63, 3.8) is 0 Å². The van der Waals surface area contributed by atoms with Gasteiger partial charge in [0.05, 0.1) is 16.2 Å². The molecule has 1 amide bonds. The summed E-state index contributed by atoms with van der Waals surface area (Å²) in [7, 11) is 1.40. The second-order valence-electron chi connectivity index (χ2n) is 5.65. The van der Waals surface area contributed by atoms with Gasteiger partial charge in [0, 0.05) is 24.4 Å². The van der Waals surface area contributed by atoms with Gasteiger partial charge in [0.1, 0.15) is 5.56 Å². The van der Waals surface area contributed by atoms with Crippen molar-refractivity contribution in [3.8, 4) is 11.1 Å². The minimum absolute atomic E-state index is 0.0852. The Labute approximate surface area is 148 Å². The zero-order valence-corrected chi connectivity index (χ0v) is 14.1. The molecule has 0 atom stereocenters. The molecule has 1 aromatic heterocycles. The highest BCUT2D eigenvalue weighted by molar-refractivity contribution is 6.07. The molecule has 0 saturated heterocycles. The third kappa shape index (κ3) is 3.04. The van der Waals surface area contributed by atoms with Gasteiger partial charge in [-0.1, -0.05) is 30.3 Å². The van der Waals surface area contributed by atoms with Crippen LogP contribution in [0.25, 0.3) is 11.1 Å². The number of anilines is 1. The van der Waals surface area contributed by atoms with Crippen LogP contribution in [0.15, 0.2) is 48.5 Å². The molecule has 0 saturated carbocycles. The highest BCUT2D eigenvalue weighted by Gasteiger charge is 2.22. The van der Waals surface area contributed by atoms with Gasteiger partial charge in [-0.2, -0.15) is 9.49 Å². The fourth-order valence-corrected chi connectivity index (χ4v) is 2.76. The van der Waals surface area contributed by atoms with Crippen molar-refractivity contribution in [1.82, 2.24) is 9.78 Å². The first kappa shape index (κ1) is 17.3. The summed E-state index contributed by atoms with van der Waals surface area (Å²) in [6.07, 6.45) is 0. The number of benzene rings is 2. The van der Waals surface area contributed by atoms with E-state index in [1.807, 2.05) is 0 Å². The SMILES string of the molecule is Cc1nn(C)c(F)c1C(=O)Nc1ccccc1-c1ccccc1[N+](=O)[O-]. The summed E-state index contributed by atoms with van der Waals surface area (Å²) in [5.74, 6) is -1.41. The Bertz CT molecular complexity index is 1010. The molecule has 7 nitrogen and oxygen atoms in total. The average Bonchev–Trinajstić information content (AvgIpc) is 2.87. The Morgan fingerprint density at radius 1 is 1.15 bits per heavy atom. The number of hydrogen-bond acceptors (Lipinski definition) is 4. The van der Waals surface area contributed by atoms with Crippen molar-refractivity contribution < 1.29 is 14.1 Å². The van der Waals surface area contributed by atoms with Crippen LogP contribution in [0.1, 0.15) is 16.1 Å². The Balaban J connectivity index is 2.04. The maximum absolute atomic E-state index is 14.1. The normalized spacial score (nSPS) is 10.6. The van der Waals surface area contributed by atoms with Crippen molar-refractivity contribution in [3.05, 3.63) is 75.9 Å². The van der Waals surface area contributed by atoms with E-state index in [9.17, 15) is 19.3 Å². The molecule has 0 spiro atoms. The van der Waals surface area contributed by atoms with Crippen LogP contribution >= 0.6 is 0 Å². The molecule has 0 aliphatic carbocycles. The van der Waals surface area contributed by atoms with Crippen molar-refractivity contribution >= 4 is 17.3 Å². The Morgan fingerprint density at radius 2 is 1.77 bits per heavy atom. The van der Waals surface area contributed by atoms with E-state index in [-0.39, 0.29) is 16.9 Å². The lowest BCUT2D eigenvalue weighted by Gasteiger charge is -2.11. The van der Waals surface area contributed by atoms with E-state index >= 15 is 0 Å². The minimum Gasteiger partial charge on any atom is -0.321 e. The number of nitrogens with zero attached hydrogens (tertiary/aromatic N) is 3. The number of rotatable bonds is 4. The van der Waals surface area contributed by atoms with Crippen LogP contribution in [0.3, 0.4) is 0 Å². The third-order valence-electron chi connectivity index (χ3n) is 3.95. The molecule has 3 aromatic rings. The van der Waals surface area contributed by atoms with Crippen LogP contribution in [0.4, 0.5) is 15.8 Å². The van der Waals surface area contributed by atoms with Gasteiger partial charge >= 0.3 is 0 Å². The second-order valence-corrected chi connectivity index (χ2v) is 5.65. The monoisotopic (exact) mass is 354 g/mol. The lowest BCUT2D eigenvalue weighted by molar-refractivity contribution is -0.384. The summed E-state index contributed by atoms with van der Waals surface area (Å²) in [5.41, 5.74) is 1.18. The van der Waals surface area contributed by atoms with Gasteiger partial charge in [-0.05, 0) is 19.1 Å². The topological polar surface area (TPSA) is 90.1 Å². The standard InChI is InChI=1S/C18H15FN4O3/c1-11-16(17(19)22(2)21-11)18(24)20-14-9-5-3-7-12(14)13-8-4-6-10-15(13)23(25)26/h3-10H,1-2H3,(H,20,24). The molecule has 0 radical (unpaired) electrons. The number of halogens is 1. The first-order chi connectivity index (χ1) is 12.4. The third-order valence-corrected chi connectivity index (χ3v) is 3.95. The molecule has 0 fully saturated rings. The smallest absolute Gasteiger partial charge is 0.277 e. The summed E-state index contributed by atoms with van der Waals surface area (Å²) in [5, 5.41) is 17.8. The van der Waals surface area contributed by atoms with E-state index in [0.29, 0.717) is 16.8 Å². The van der Waals surface area contributed by atoms with Crippen molar-refractivity contribution in [1.29, 1.82) is 0 Å². The Morgan fingerprint density at radius 3 is 2.38 bits per heavy atom. The molecule has 3 rings (SSSR count). The molecular formula is C18H15FN4O3. The van der Waals surface area contributed by atoms with E-state index in [0.717, 1.165) is 4.68 Å². The van der Waals surface area contributed by atoms with Gasteiger partial charge in [0.25, 0.3) is 11.6 Å². The lowest BCUT2D eigenvalue weighted by atomic mass is 10.0.